The molecular weight excluding hydrogens is 322 g/mol. The first-order valence-corrected chi connectivity index (χ1v) is 7.49. The van der Waals surface area contributed by atoms with Gasteiger partial charge in [-0.1, -0.05) is 12.1 Å². The number of halogens is 1. The van der Waals surface area contributed by atoms with E-state index in [1.54, 1.807) is 0 Å². The molecule has 1 aromatic heterocycles. The van der Waals surface area contributed by atoms with Crippen LogP contribution >= 0.6 is 15.9 Å². The summed E-state index contributed by atoms with van der Waals surface area (Å²) < 4.78 is 6.54. The fourth-order valence-corrected chi connectivity index (χ4v) is 2.50. The molecule has 3 rings (SSSR count). The van der Waals surface area contributed by atoms with Crippen molar-refractivity contribution in [3.8, 4) is 11.5 Å². The largest absolute Gasteiger partial charge is 0.419 e. The van der Waals surface area contributed by atoms with Gasteiger partial charge in [-0.2, -0.15) is 0 Å². The van der Waals surface area contributed by atoms with Crippen molar-refractivity contribution in [1.29, 1.82) is 0 Å². The maximum Gasteiger partial charge on any atom is 0.248 e. The van der Waals surface area contributed by atoms with Gasteiger partial charge in [0.2, 0.25) is 11.8 Å². The molecule has 20 heavy (non-hydrogen) atoms. The Balaban J connectivity index is 1.58. The van der Waals surface area contributed by atoms with Gasteiger partial charge in [-0.05, 0) is 46.8 Å². The van der Waals surface area contributed by atoms with E-state index in [0.29, 0.717) is 30.8 Å². The SMILES string of the molecule is OC(CNCc1nnc(-c2ccccc2Br)o1)C1CC1. The summed E-state index contributed by atoms with van der Waals surface area (Å²) in [5.74, 6) is 1.50. The summed E-state index contributed by atoms with van der Waals surface area (Å²) in [6.45, 7) is 1.04. The summed E-state index contributed by atoms with van der Waals surface area (Å²) in [6.07, 6.45) is 2.01. The Kier molecular flexibility index (Phi) is 4.14. The molecule has 5 nitrogen and oxygen atoms in total. The number of aliphatic hydroxyl groups is 1. The number of aliphatic hydroxyl groups excluding tert-OH is 1. The number of benzene rings is 1. The molecule has 0 aliphatic heterocycles. The zero-order chi connectivity index (χ0) is 13.9. The third-order valence-electron chi connectivity index (χ3n) is 3.37. The number of hydrogen-bond donors (Lipinski definition) is 2. The average molecular weight is 338 g/mol. The third-order valence-corrected chi connectivity index (χ3v) is 4.06. The van der Waals surface area contributed by atoms with Crippen LogP contribution in [0, 0.1) is 5.92 Å². The molecule has 0 amide bonds. The van der Waals surface area contributed by atoms with Crippen LogP contribution < -0.4 is 5.32 Å². The van der Waals surface area contributed by atoms with E-state index in [-0.39, 0.29) is 6.10 Å². The van der Waals surface area contributed by atoms with Gasteiger partial charge in [0.15, 0.2) is 0 Å². The highest BCUT2D eigenvalue weighted by Gasteiger charge is 2.29. The highest BCUT2D eigenvalue weighted by Crippen LogP contribution is 2.32. The molecule has 2 aromatic rings. The topological polar surface area (TPSA) is 71.2 Å². The minimum absolute atomic E-state index is 0.263. The minimum atomic E-state index is -0.263. The van der Waals surface area contributed by atoms with Gasteiger partial charge >= 0.3 is 0 Å². The second kappa shape index (κ2) is 6.03. The van der Waals surface area contributed by atoms with Crippen molar-refractivity contribution in [2.75, 3.05) is 6.54 Å². The molecule has 2 N–H and O–H groups in total. The Labute approximate surface area is 125 Å². The van der Waals surface area contributed by atoms with Gasteiger partial charge in [0.25, 0.3) is 0 Å². The van der Waals surface area contributed by atoms with Gasteiger partial charge in [0.05, 0.1) is 18.2 Å². The van der Waals surface area contributed by atoms with Crippen LogP contribution in [-0.4, -0.2) is 28.0 Å². The quantitative estimate of drug-likeness (QED) is 0.846. The highest BCUT2D eigenvalue weighted by atomic mass is 79.9. The van der Waals surface area contributed by atoms with Gasteiger partial charge in [-0.25, -0.2) is 0 Å². The maximum absolute atomic E-state index is 9.75. The van der Waals surface area contributed by atoms with Gasteiger partial charge in [0, 0.05) is 11.0 Å². The van der Waals surface area contributed by atoms with Crippen LogP contribution in [0.1, 0.15) is 18.7 Å². The summed E-state index contributed by atoms with van der Waals surface area (Å²) in [4.78, 5) is 0. The molecule has 1 saturated carbocycles. The van der Waals surface area contributed by atoms with E-state index in [2.05, 4.69) is 31.4 Å². The standard InChI is InChI=1S/C14H16BrN3O2/c15-11-4-2-1-3-10(11)14-18-17-13(20-14)8-16-7-12(19)9-5-6-9/h1-4,9,12,16,19H,5-8H2. The second-order valence-corrected chi connectivity index (χ2v) is 5.87. The van der Waals surface area contributed by atoms with Crippen molar-refractivity contribution in [3.63, 3.8) is 0 Å². The monoisotopic (exact) mass is 337 g/mol. The maximum atomic E-state index is 9.75. The molecule has 1 fully saturated rings. The smallest absolute Gasteiger partial charge is 0.248 e. The lowest BCUT2D eigenvalue weighted by Crippen LogP contribution is -2.27. The molecule has 1 aliphatic carbocycles. The zero-order valence-corrected chi connectivity index (χ0v) is 12.5. The van der Waals surface area contributed by atoms with Crippen molar-refractivity contribution >= 4 is 15.9 Å². The fourth-order valence-electron chi connectivity index (χ4n) is 2.04. The van der Waals surface area contributed by atoms with Gasteiger partial charge in [-0.15, -0.1) is 10.2 Å². The van der Waals surface area contributed by atoms with Crippen molar-refractivity contribution in [2.45, 2.75) is 25.5 Å². The van der Waals surface area contributed by atoms with Gasteiger partial charge < -0.3 is 14.8 Å². The van der Waals surface area contributed by atoms with Gasteiger partial charge in [-0.3, -0.25) is 0 Å². The van der Waals surface area contributed by atoms with Crippen LogP contribution in [0.25, 0.3) is 11.5 Å². The summed E-state index contributed by atoms with van der Waals surface area (Å²) in [6, 6.07) is 7.72. The Hall–Kier alpha value is -1.24. The van der Waals surface area contributed by atoms with Crippen LogP contribution in [-0.2, 0) is 6.54 Å². The van der Waals surface area contributed by atoms with E-state index >= 15 is 0 Å². The number of nitrogens with zero attached hydrogens (tertiary/aromatic N) is 2. The Morgan fingerprint density at radius 3 is 2.90 bits per heavy atom. The Morgan fingerprint density at radius 2 is 2.15 bits per heavy atom. The van der Waals surface area contributed by atoms with Crippen molar-refractivity contribution in [1.82, 2.24) is 15.5 Å². The van der Waals surface area contributed by atoms with E-state index in [1.807, 2.05) is 24.3 Å². The molecule has 1 aromatic carbocycles. The number of nitrogens with one attached hydrogen (secondary N) is 1. The summed E-state index contributed by atoms with van der Waals surface area (Å²) in [7, 11) is 0. The van der Waals surface area contributed by atoms with E-state index < -0.39 is 0 Å². The Morgan fingerprint density at radius 1 is 1.35 bits per heavy atom. The van der Waals surface area contributed by atoms with Crippen molar-refractivity contribution in [2.24, 2.45) is 5.92 Å². The third kappa shape index (κ3) is 3.26. The van der Waals surface area contributed by atoms with Crippen molar-refractivity contribution < 1.29 is 9.52 Å². The second-order valence-electron chi connectivity index (χ2n) is 5.02. The molecule has 0 radical (unpaired) electrons. The number of aromatic nitrogens is 2. The molecule has 6 heteroatoms. The molecular formula is C14H16BrN3O2. The molecule has 1 unspecified atom stereocenters. The van der Waals surface area contributed by atoms with Crippen LogP contribution in [0.5, 0.6) is 0 Å². The summed E-state index contributed by atoms with van der Waals surface area (Å²) >= 11 is 3.46. The first kappa shape index (κ1) is 13.7. The zero-order valence-electron chi connectivity index (χ0n) is 10.9. The molecule has 1 atom stereocenters. The predicted molar refractivity (Wildman–Crippen MR) is 77.9 cm³/mol. The van der Waals surface area contributed by atoms with E-state index in [9.17, 15) is 5.11 Å². The van der Waals surface area contributed by atoms with Crippen molar-refractivity contribution in [3.05, 3.63) is 34.6 Å². The lowest BCUT2D eigenvalue weighted by atomic mass is 10.2. The molecule has 0 bridgehead atoms. The lowest BCUT2D eigenvalue weighted by Gasteiger charge is -2.08. The molecule has 1 heterocycles. The normalized spacial score (nSPS) is 16.3. The van der Waals surface area contributed by atoms with Crippen LogP contribution in [0.2, 0.25) is 0 Å². The predicted octanol–water partition coefficient (Wildman–Crippen LogP) is 2.36. The number of hydrogen-bond acceptors (Lipinski definition) is 5. The Bertz CT molecular complexity index is 583. The van der Waals surface area contributed by atoms with E-state index in [1.165, 1.54) is 0 Å². The molecule has 0 spiro atoms. The first-order chi connectivity index (χ1) is 9.74. The summed E-state index contributed by atoms with van der Waals surface area (Å²) in [5, 5.41) is 20.9. The molecule has 1 aliphatic rings. The van der Waals surface area contributed by atoms with E-state index in [4.69, 9.17) is 4.42 Å². The molecule has 0 saturated heterocycles. The first-order valence-electron chi connectivity index (χ1n) is 6.70. The fraction of sp³-hybridized carbons (Fsp3) is 0.429. The summed E-state index contributed by atoms with van der Waals surface area (Å²) in [5.41, 5.74) is 0.879. The minimum Gasteiger partial charge on any atom is -0.419 e. The van der Waals surface area contributed by atoms with Gasteiger partial charge in [0.1, 0.15) is 0 Å². The van der Waals surface area contributed by atoms with Crippen LogP contribution in [0.3, 0.4) is 0 Å². The average Bonchev–Trinajstić information content (AvgIpc) is 3.20. The van der Waals surface area contributed by atoms with Crippen LogP contribution in [0.15, 0.2) is 33.2 Å². The van der Waals surface area contributed by atoms with E-state index in [0.717, 1.165) is 22.9 Å². The number of rotatable bonds is 6. The highest BCUT2D eigenvalue weighted by molar-refractivity contribution is 9.10. The molecule has 106 valence electrons. The van der Waals surface area contributed by atoms with Crippen LogP contribution in [0.4, 0.5) is 0 Å². The lowest BCUT2D eigenvalue weighted by molar-refractivity contribution is 0.147.